The minimum Gasteiger partial charge on any atom is -0.319 e. The van der Waals surface area contributed by atoms with Crippen molar-refractivity contribution >= 4 is 0 Å². The smallest absolute Gasteiger partial charge is 0.319 e. The molecular formula is C15H27F3N2. The third-order valence-corrected chi connectivity index (χ3v) is 4.87. The van der Waals surface area contributed by atoms with Gasteiger partial charge in [0.05, 0.1) is 6.54 Å². The van der Waals surface area contributed by atoms with Gasteiger partial charge in [-0.3, -0.25) is 4.90 Å². The summed E-state index contributed by atoms with van der Waals surface area (Å²) in [6.45, 7) is 2.95. The summed E-state index contributed by atoms with van der Waals surface area (Å²) in [7, 11) is 1.91. The highest BCUT2D eigenvalue weighted by Gasteiger charge is 2.43. The molecule has 2 aliphatic rings. The molecule has 0 heterocycles. The standard InChI is InChI=1S/C15H27F3N2/c1-12-5-7-14(8-6-12,9-19-2)10-20(13-3-4-13)11-15(16,17)18/h12-13,19H,3-11H2,1-2H3. The van der Waals surface area contributed by atoms with E-state index in [1.165, 1.54) is 0 Å². The van der Waals surface area contributed by atoms with Gasteiger partial charge in [-0.25, -0.2) is 0 Å². The molecule has 0 spiro atoms. The molecule has 0 radical (unpaired) electrons. The predicted octanol–water partition coefficient (Wildman–Crippen LogP) is 3.43. The molecule has 0 saturated heterocycles. The van der Waals surface area contributed by atoms with Crippen LogP contribution >= 0.6 is 0 Å². The van der Waals surface area contributed by atoms with Crippen molar-refractivity contribution in [2.45, 2.75) is 57.7 Å². The highest BCUT2D eigenvalue weighted by molar-refractivity contribution is 4.94. The number of nitrogens with zero attached hydrogens (tertiary/aromatic N) is 1. The Balaban J connectivity index is 2.01. The van der Waals surface area contributed by atoms with Crippen molar-refractivity contribution < 1.29 is 13.2 Å². The minimum atomic E-state index is -4.08. The Labute approximate surface area is 120 Å². The van der Waals surface area contributed by atoms with Crippen LogP contribution < -0.4 is 5.32 Å². The fourth-order valence-electron chi connectivity index (χ4n) is 3.56. The van der Waals surface area contributed by atoms with Crippen LogP contribution in [0, 0.1) is 11.3 Å². The molecule has 0 bridgehead atoms. The Hall–Kier alpha value is -0.290. The van der Waals surface area contributed by atoms with Crippen molar-refractivity contribution in [2.75, 3.05) is 26.7 Å². The fraction of sp³-hybridized carbons (Fsp3) is 1.00. The first kappa shape index (κ1) is 16.1. The third kappa shape index (κ3) is 4.62. The molecule has 1 N–H and O–H groups in total. The minimum absolute atomic E-state index is 0.0368. The lowest BCUT2D eigenvalue weighted by atomic mass is 9.70. The summed E-state index contributed by atoms with van der Waals surface area (Å²) in [6, 6.07) is 0.171. The summed E-state index contributed by atoms with van der Waals surface area (Å²) in [5, 5.41) is 3.21. The Morgan fingerprint density at radius 1 is 1.15 bits per heavy atom. The summed E-state index contributed by atoms with van der Waals surface area (Å²) in [5.41, 5.74) is 0.0368. The third-order valence-electron chi connectivity index (χ3n) is 4.87. The van der Waals surface area contributed by atoms with Crippen molar-refractivity contribution in [3.8, 4) is 0 Å². The lowest BCUT2D eigenvalue weighted by Gasteiger charge is -2.43. The van der Waals surface area contributed by atoms with Gasteiger partial charge in [0.25, 0.3) is 0 Å². The molecule has 0 amide bonds. The predicted molar refractivity (Wildman–Crippen MR) is 74.6 cm³/mol. The van der Waals surface area contributed by atoms with E-state index in [0.717, 1.165) is 51.0 Å². The van der Waals surface area contributed by atoms with Gasteiger partial charge in [-0.05, 0) is 44.1 Å². The van der Waals surface area contributed by atoms with Gasteiger partial charge in [-0.1, -0.05) is 19.8 Å². The second-order valence-corrected chi connectivity index (χ2v) is 6.96. The zero-order valence-electron chi connectivity index (χ0n) is 12.6. The van der Waals surface area contributed by atoms with Gasteiger partial charge < -0.3 is 5.32 Å². The summed E-state index contributed by atoms with van der Waals surface area (Å²) in [6.07, 6.45) is 2.18. The number of hydrogen-bond donors (Lipinski definition) is 1. The molecule has 20 heavy (non-hydrogen) atoms. The number of halogens is 3. The Bertz CT molecular complexity index is 305. The van der Waals surface area contributed by atoms with Crippen LogP contribution in [0.2, 0.25) is 0 Å². The van der Waals surface area contributed by atoms with Gasteiger partial charge in [0.15, 0.2) is 0 Å². The van der Waals surface area contributed by atoms with E-state index >= 15 is 0 Å². The van der Waals surface area contributed by atoms with Crippen LogP contribution in [-0.2, 0) is 0 Å². The molecule has 2 nitrogen and oxygen atoms in total. The largest absolute Gasteiger partial charge is 0.401 e. The van der Waals surface area contributed by atoms with Crippen LogP contribution in [0.1, 0.15) is 45.4 Å². The van der Waals surface area contributed by atoms with Crippen molar-refractivity contribution in [2.24, 2.45) is 11.3 Å². The molecule has 5 heteroatoms. The zero-order valence-corrected chi connectivity index (χ0v) is 12.6. The average molecular weight is 292 g/mol. The highest BCUT2D eigenvalue weighted by atomic mass is 19.4. The van der Waals surface area contributed by atoms with Gasteiger partial charge in [-0.15, -0.1) is 0 Å². The molecule has 2 rings (SSSR count). The van der Waals surface area contributed by atoms with Crippen LogP contribution in [-0.4, -0.2) is 43.8 Å². The first-order valence-corrected chi connectivity index (χ1v) is 7.79. The van der Waals surface area contributed by atoms with Crippen LogP contribution in [0.5, 0.6) is 0 Å². The number of alkyl halides is 3. The number of rotatable bonds is 6. The van der Waals surface area contributed by atoms with E-state index in [2.05, 4.69) is 12.2 Å². The maximum atomic E-state index is 12.8. The molecule has 118 valence electrons. The summed E-state index contributed by atoms with van der Waals surface area (Å²) in [4.78, 5) is 1.70. The molecule has 0 unspecified atom stereocenters. The van der Waals surface area contributed by atoms with E-state index in [0.29, 0.717) is 6.54 Å². The van der Waals surface area contributed by atoms with Crippen LogP contribution in [0.4, 0.5) is 13.2 Å². The highest BCUT2D eigenvalue weighted by Crippen LogP contribution is 2.41. The average Bonchev–Trinajstić information content (AvgIpc) is 3.15. The first-order valence-electron chi connectivity index (χ1n) is 7.79. The fourth-order valence-corrected chi connectivity index (χ4v) is 3.56. The monoisotopic (exact) mass is 292 g/mol. The van der Waals surface area contributed by atoms with Gasteiger partial charge in [0.1, 0.15) is 0 Å². The molecule has 0 aromatic heterocycles. The normalized spacial score (nSPS) is 31.8. The second kappa shape index (κ2) is 6.22. The van der Waals surface area contributed by atoms with Crippen molar-refractivity contribution in [1.29, 1.82) is 0 Å². The van der Waals surface area contributed by atoms with Crippen molar-refractivity contribution in [1.82, 2.24) is 10.2 Å². The molecule has 2 saturated carbocycles. The van der Waals surface area contributed by atoms with Gasteiger partial charge in [0.2, 0.25) is 0 Å². The molecule has 2 fully saturated rings. The lowest BCUT2D eigenvalue weighted by Crippen LogP contribution is -2.48. The first-order chi connectivity index (χ1) is 9.34. The molecule has 0 atom stereocenters. The SMILES string of the molecule is CNCC1(CN(CC(F)(F)F)C2CC2)CCC(C)CC1. The van der Waals surface area contributed by atoms with E-state index in [1.54, 1.807) is 4.90 Å². The molecule has 0 aromatic carbocycles. The van der Waals surface area contributed by atoms with E-state index in [1.807, 2.05) is 7.05 Å². The Morgan fingerprint density at radius 3 is 2.20 bits per heavy atom. The van der Waals surface area contributed by atoms with Crippen LogP contribution in [0.3, 0.4) is 0 Å². The molecule has 0 aliphatic heterocycles. The topological polar surface area (TPSA) is 15.3 Å². The maximum absolute atomic E-state index is 12.8. The lowest BCUT2D eigenvalue weighted by molar-refractivity contribution is -0.151. The van der Waals surface area contributed by atoms with Gasteiger partial charge in [-0.2, -0.15) is 13.2 Å². The van der Waals surface area contributed by atoms with Crippen molar-refractivity contribution in [3.63, 3.8) is 0 Å². The second-order valence-electron chi connectivity index (χ2n) is 6.96. The summed E-state index contributed by atoms with van der Waals surface area (Å²) < 4.78 is 38.3. The van der Waals surface area contributed by atoms with E-state index in [9.17, 15) is 13.2 Å². The maximum Gasteiger partial charge on any atom is 0.401 e. The van der Waals surface area contributed by atoms with Crippen molar-refractivity contribution in [3.05, 3.63) is 0 Å². The van der Waals surface area contributed by atoms with E-state index < -0.39 is 12.7 Å². The van der Waals surface area contributed by atoms with E-state index in [4.69, 9.17) is 0 Å². The zero-order chi connectivity index (χ0) is 14.8. The van der Waals surface area contributed by atoms with Gasteiger partial charge >= 0.3 is 6.18 Å². The Kier molecular flexibility index (Phi) is 5.00. The van der Waals surface area contributed by atoms with Crippen LogP contribution in [0.15, 0.2) is 0 Å². The molecule has 0 aromatic rings. The van der Waals surface area contributed by atoms with E-state index in [-0.39, 0.29) is 11.5 Å². The summed E-state index contributed by atoms with van der Waals surface area (Å²) >= 11 is 0. The molecular weight excluding hydrogens is 265 g/mol. The molecule has 2 aliphatic carbocycles. The quantitative estimate of drug-likeness (QED) is 0.807. The van der Waals surface area contributed by atoms with Gasteiger partial charge in [0, 0.05) is 19.1 Å². The summed E-state index contributed by atoms with van der Waals surface area (Å²) in [5.74, 6) is 0.719. The van der Waals surface area contributed by atoms with Crippen LogP contribution in [0.25, 0.3) is 0 Å². The number of nitrogens with one attached hydrogen (secondary N) is 1. The Morgan fingerprint density at radius 2 is 1.75 bits per heavy atom. The number of hydrogen-bond acceptors (Lipinski definition) is 2.